The van der Waals surface area contributed by atoms with Gasteiger partial charge in [0.2, 0.25) is 5.88 Å². The molecule has 0 radical (unpaired) electrons. The lowest BCUT2D eigenvalue weighted by atomic mass is 10.2. The molecule has 0 saturated carbocycles. The lowest BCUT2D eigenvalue weighted by Crippen LogP contribution is -1.94. The number of fused-ring (bicyclic) bond motifs is 3. The molecule has 6 heteroatoms. The molecular weight excluding hydrogens is 301 g/mol. The monoisotopic (exact) mass is 311 g/mol. The molecule has 0 amide bonds. The van der Waals surface area contributed by atoms with Crippen LogP contribution in [0, 0.1) is 17.1 Å². The van der Waals surface area contributed by atoms with E-state index in [-0.39, 0.29) is 11.3 Å². The SMILES string of the molecule is N#Cc1ccc(Oc2ncnc3sc4c(c23)CCC4)c(F)c1. The van der Waals surface area contributed by atoms with Crippen molar-refractivity contribution in [1.29, 1.82) is 5.26 Å². The molecule has 0 fully saturated rings. The van der Waals surface area contributed by atoms with Crippen LogP contribution in [0.1, 0.15) is 22.4 Å². The highest BCUT2D eigenvalue weighted by molar-refractivity contribution is 7.18. The fourth-order valence-electron chi connectivity index (χ4n) is 2.73. The second-order valence-corrected chi connectivity index (χ2v) is 6.16. The van der Waals surface area contributed by atoms with E-state index in [4.69, 9.17) is 10.00 Å². The zero-order chi connectivity index (χ0) is 15.1. The van der Waals surface area contributed by atoms with Gasteiger partial charge in [-0.2, -0.15) is 5.26 Å². The van der Waals surface area contributed by atoms with Gasteiger partial charge in [-0.05, 0) is 43.0 Å². The first-order chi connectivity index (χ1) is 10.8. The highest BCUT2D eigenvalue weighted by Gasteiger charge is 2.22. The lowest BCUT2D eigenvalue weighted by Gasteiger charge is -2.07. The van der Waals surface area contributed by atoms with Gasteiger partial charge in [-0.1, -0.05) is 0 Å². The molecule has 2 aromatic heterocycles. The van der Waals surface area contributed by atoms with Crippen molar-refractivity contribution in [3.63, 3.8) is 0 Å². The molecule has 3 aromatic rings. The van der Waals surface area contributed by atoms with E-state index in [1.54, 1.807) is 11.3 Å². The molecule has 0 aliphatic heterocycles. The first-order valence-electron chi connectivity index (χ1n) is 6.89. The number of aryl methyl sites for hydroxylation is 2. The molecule has 4 rings (SSSR count). The topological polar surface area (TPSA) is 58.8 Å². The fourth-order valence-corrected chi connectivity index (χ4v) is 3.95. The van der Waals surface area contributed by atoms with Gasteiger partial charge in [0, 0.05) is 4.88 Å². The van der Waals surface area contributed by atoms with E-state index in [2.05, 4.69) is 9.97 Å². The Balaban J connectivity index is 1.81. The third-order valence-electron chi connectivity index (χ3n) is 3.73. The van der Waals surface area contributed by atoms with Crippen LogP contribution >= 0.6 is 11.3 Å². The highest BCUT2D eigenvalue weighted by Crippen LogP contribution is 2.41. The van der Waals surface area contributed by atoms with E-state index >= 15 is 0 Å². The number of hydrogen-bond acceptors (Lipinski definition) is 5. The molecule has 1 aliphatic carbocycles. The highest BCUT2D eigenvalue weighted by atomic mass is 32.1. The van der Waals surface area contributed by atoms with E-state index in [0.29, 0.717) is 5.88 Å². The van der Waals surface area contributed by atoms with Crippen LogP contribution in [0.2, 0.25) is 0 Å². The van der Waals surface area contributed by atoms with Crippen molar-refractivity contribution in [2.45, 2.75) is 19.3 Å². The number of halogens is 1. The van der Waals surface area contributed by atoms with Gasteiger partial charge in [-0.15, -0.1) is 11.3 Å². The van der Waals surface area contributed by atoms with Gasteiger partial charge in [-0.3, -0.25) is 0 Å². The molecule has 1 aliphatic rings. The molecule has 4 nitrogen and oxygen atoms in total. The maximum absolute atomic E-state index is 14.0. The Morgan fingerprint density at radius 1 is 1.27 bits per heavy atom. The van der Waals surface area contributed by atoms with Crippen molar-refractivity contribution in [3.8, 4) is 17.7 Å². The molecule has 0 bridgehead atoms. The van der Waals surface area contributed by atoms with E-state index in [1.165, 1.54) is 28.9 Å². The van der Waals surface area contributed by atoms with E-state index in [1.807, 2.05) is 6.07 Å². The summed E-state index contributed by atoms with van der Waals surface area (Å²) in [6.07, 6.45) is 4.59. The Hall–Kier alpha value is -2.52. The third kappa shape index (κ3) is 2.02. The van der Waals surface area contributed by atoms with Gasteiger partial charge in [0.25, 0.3) is 0 Å². The predicted molar refractivity (Wildman–Crippen MR) is 80.6 cm³/mol. The minimum atomic E-state index is -0.572. The molecule has 0 saturated heterocycles. The number of thiophene rings is 1. The first-order valence-corrected chi connectivity index (χ1v) is 7.70. The molecule has 0 spiro atoms. The molecule has 22 heavy (non-hydrogen) atoms. The van der Waals surface area contributed by atoms with Gasteiger partial charge in [-0.25, -0.2) is 14.4 Å². The number of nitrogens with zero attached hydrogens (tertiary/aromatic N) is 3. The Morgan fingerprint density at radius 3 is 3.00 bits per heavy atom. The van der Waals surface area contributed by atoms with E-state index < -0.39 is 5.82 Å². The predicted octanol–water partition coefficient (Wildman–Crippen LogP) is 3.98. The van der Waals surface area contributed by atoms with Crippen molar-refractivity contribution >= 4 is 21.6 Å². The lowest BCUT2D eigenvalue weighted by molar-refractivity contribution is 0.431. The van der Waals surface area contributed by atoms with Crippen molar-refractivity contribution in [2.24, 2.45) is 0 Å². The van der Waals surface area contributed by atoms with Crippen molar-refractivity contribution in [3.05, 3.63) is 46.3 Å². The van der Waals surface area contributed by atoms with Crippen molar-refractivity contribution < 1.29 is 9.13 Å². The minimum absolute atomic E-state index is 0.0666. The number of nitriles is 1. The summed E-state index contributed by atoms with van der Waals surface area (Å²) in [5, 5.41) is 9.68. The largest absolute Gasteiger partial charge is 0.435 e. The van der Waals surface area contributed by atoms with Gasteiger partial charge in [0.1, 0.15) is 11.2 Å². The summed E-state index contributed by atoms with van der Waals surface area (Å²) >= 11 is 1.65. The van der Waals surface area contributed by atoms with E-state index in [9.17, 15) is 4.39 Å². The van der Waals surface area contributed by atoms with Crippen LogP contribution in [0.4, 0.5) is 4.39 Å². The van der Waals surface area contributed by atoms with Crippen LogP contribution in [0.3, 0.4) is 0 Å². The second kappa shape index (κ2) is 5.04. The molecule has 108 valence electrons. The fraction of sp³-hybridized carbons (Fsp3) is 0.188. The summed E-state index contributed by atoms with van der Waals surface area (Å²) in [7, 11) is 0. The summed E-state index contributed by atoms with van der Waals surface area (Å²) in [4.78, 5) is 10.7. The van der Waals surface area contributed by atoms with Crippen LogP contribution in [-0.2, 0) is 12.8 Å². The molecular formula is C16H10FN3OS. The van der Waals surface area contributed by atoms with Crippen LogP contribution in [-0.4, -0.2) is 9.97 Å². The summed E-state index contributed by atoms with van der Waals surface area (Å²) in [5.41, 5.74) is 1.48. The Bertz CT molecular complexity index is 929. The smallest absolute Gasteiger partial charge is 0.231 e. The Kier molecular flexibility index (Phi) is 3.01. The first kappa shape index (κ1) is 13.2. The zero-order valence-electron chi connectivity index (χ0n) is 11.5. The molecule has 1 aromatic carbocycles. The molecule has 0 unspecified atom stereocenters. The molecule has 2 heterocycles. The van der Waals surface area contributed by atoms with Crippen LogP contribution in [0.5, 0.6) is 11.6 Å². The normalized spacial score (nSPS) is 13.1. The number of hydrogen-bond donors (Lipinski definition) is 0. The average molecular weight is 311 g/mol. The van der Waals surface area contributed by atoms with Gasteiger partial charge < -0.3 is 4.74 Å². The molecule has 0 atom stereocenters. The quantitative estimate of drug-likeness (QED) is 0.718. The Labute approximate surface area is 129 Å². The van der Waals surface area contributed by atoms with Crippen molar-refractivity contribution in [1.82, 2.24) is 9.97 Å². The minimum Gasteiger partial charge on any atom is -0.435 e. The van der Waals surface area contributed by atoms with Gasteiger partial charge in [0.05, 0.1) is 17.0 Å². The molecule has 0 N–H and O–H groups in total. The zero-order valence-corrected chi connectivity index (χ0v) is 12.3. The average Bonchev–Trinajstić information content (AvgIpc) is 3.10. The van der Waals surface area contributed by atoms with Crippen LogP contribution in [0.25, 0.3) is 10.2 Å². The van der Waals surface area contributed by atoms with Crippen LogP contribution < -0.4 is 4.74 Å². The Morgan fingerprint density at radius 2 is 2.18 bits per heavy atom. The van der Waals surface area contributed by atoms with Gasteiger partial charge in [0.15, 0.2) is 11.6 Å². The van der Waals surface area contributed by atoms with Gasteiger partial charge >= 0.3 is 0 Å². The summed E-state index contributed by atoms with van der Waals surface area (Å²) in [6.45, 7) is 0. The number of rotatable bonds is 2. The summed E-state index contributed by atoms with van der Waals surface area (Å²) in [5.74, 6) is -0.123. The van der Waals surface area contributed by atoms with Crippen molar-refractivity contribution in [2.75, 3.05) is 0 Å². The number of aromatic nitrogens is 2. The second-order valence-electron chi connectivity index (χ2n) is 5.08. The maximum atomic E-state index is 14.0. The maximum Gasteiger partial charge on any atom is 0.231 e. The number of ether oxygens (including phenoxy) is 1. The summed E-state index contributed by atoms with van der Waals surface area (Å²) in [6, 6.07) is 6.03. The standard InChI is InChI=1S/C16H10FN3OS/c17-11-6-9(7-18)4-5-12(11)21-15-14-10-2-1-3-13(10)22-16(14)20-8-19-15/h4-6,8H,1-3H2. The number of benzene rings is 1. The van der Waals surface area contributed by atoms with Crippen LogP contribution in [0.15, 0.2) is 24.5 Å². The van der Waals surface area contributed by atoms with E-state index in [0.717, 1.165) is 35.5 Å². The third-order valence-corrected chi connectivity index (χ3v) is 4.93. The summed E-state index contributed by atoms with van der Waals surface area (Å²) < 4.78 is 19.7.